The van der Waals surface area contributed by atoms with Crippen molar-refractivity contribution in [1.82, 2.24) is 4.57 Å². The van der Waals surface area contributed by atoms with E-state index in [1.54, 1.807) is 38.1 Å². The molecule has 0 unspecified atom stereocenters. The van der Waals surface area contributed by atoms with E-state index in [9.17, 15) is 14.7 Å². The number of aromatic hydroxyl groups is 1. The van der Waals surface area contributed by atoms with Crippen molar-refractivity contribution in [2.24, 2.45) is 17.3 Å². The van der Waals surface area contributed by atoms with E-state index in [0.29, 0.717) is 28.1 Å². The van der Waals surface area contributed by atoms with Crippen LogP contribution in [0.1, 0.15) is 21.5 Å². The molecule has 3 aromatic rings. The molecule has 0 aliphatic carbocycles. The first-order valence-electron chi connectivity index (χ1n) is 9.64. The topological polar surface area (TPSA) is 102 Å². The molecule has 8 nitrogen and oxygen atoms in total. The van der Waals surface area contributed by atoms with Gasteiger partial charge in [-0.3, -0.25) is 9.36 Å². The van der Waals surface area contributed by atoms with Gasteiger partial charge in [-0.1, -0.05) is 18.2 Å². The highest BCUT2D eigenvalue weighted by molar-refractivity contribution is 5.89. The minimum Gasteiger partial charge on any atom is -0.494 e. The summed E-state index contributed by atoms with van der Waals surface area (Å²) in [7, 11) is 1.47. The lowest BCUT2D eigenvalue weighted by atomic mass is 10.1. The minimum absolute atomic E-state index is 0.0986. The number of carbonyl (C=O) groups excluding carboxylic acids is 1. The molecule has 31 heavy (non-hydrogen) atoms. The van der Waals surface area contributed by atoms with Crippen LogP contribution in [0.3, 0.4) is 0 Å². The summed E-state index contributed by atoms with van der Waals surface area (Å²) in [5.74, 6) is 0.139. The van der Waals surface area contributed by atoms with Crippen molar-refractivity contribution >= 4 is 17.3 Å². The number of para-hydroxylation sites is 1. The van der Waals surface area contributed by atoms with Crippen LogP contribution in [-0.2, 0) is 11.8 Å². The summed E-state index contributed by atoms with van der Waals surface area (Å²) in [5.41, 5.74) is 1.66. The van der Waals surface area contributed by atoms with Gasteiger partial charge in [0, 0.05) is 12.6 Å². The summed E-state index contributed by atoms with van der Waals surface area (Å²) in [6.45, 7) is 3.78. The number of azo groups is 1. The lowest BCUT2D eigenvalue weighted by Crippen LogP contribution is -2.18. The van der Waals surface area contributed by atoms with Gasteiger partial charge in [-0.15, -0.1) is 5.11 Å². The molecule has 160 valence electrons. The highest BCUT2D eigenvalue weighted by atomic mass is 16.6. The zero-order valence-electron chi connectivity index (χ0n) is 17.5. The summed E-state index contributed by atoms with van der Waals surface area (Å²) < 4.78 is 11.8. The molecule has 0 aliphatic heterocycles. The molecule has 8 heteroatoms. The average Bonchev–Trinajstić information content (AvgIpc) is 2.80. The van der Waals surface area contributed by atoms with E-state index in [0.717, 1.165) is 4.57 Å². The van der Waals surface area contributed by atoms with Gasteiger partial charge in [0.05, 0.1) is 11.3 Å². The van der Waals surface area contributed by atoms with Crippen LogP contribution in [0.25, 0.3) is 0 Å². The van der Waals surface area contributed by atoms with Crippen LogP contribution in [-0.4, -0.2) is 28.9 Å². The van der Waals surface area contributed by atoms with Crippen LogP contribution in [0.15, 0.2) is 69.6 Å². The first-order chi connectivity index (χ1) is 14.9. The van der Waals surface area contributed by atoms with Crippen molar-refractivity contribution in [3.05, 3.63) is 81.6 Å². The lowest BCUT2D eigenvalue weighted by Gasteiger charge is -2.09. The Morgan fingerprint density at radius 3 is 2.32 bits per heavy atom. The highest BCUT2D eigenvalue weighted by Gasteiger charge is 2.14. The molecule has 0 bridgehead atoms. The second-order valence-corrected chi connectivity index (χ2v) is 6.83. The van der Waals surface area contributed by atoms with Gasteiger partial charge in [0.2, 0.25) is 0 Å². The van der Waals surface area contributed by atoms with Crippen molar-refractivity contribution in [2.45, 2.75) is 13.8 Å². The molecule has 0 radical (unpaired) electrons. The summed E-state index contributed by atoms with van der Waals surface area (Å²) in [5, 5.41) is 18.1. The molecule has 0 atom stereocenters. The van der Waals surface area contributed by atoms with Crippen molar-refractivity contribution < 1.29 is 19.4 Å². The van der Waals surface area contributed by atoms with Gasteiger partial charge in [-0.05, 0) is 55.8 Å². The third-order valence-electron chi connectivity index (χ3n) is 4.77. The van der Waals surface area contributed by atoms with E-state index >= 15 is 0 Å². The number of carbonyl (C=O) groups is 1. The number of nitrogens with zero attached hydrogens (tertiary/aromatic N) is 3. The molecule has 0 fully saturated rings. The van der Waals surface area contributed by atoms with Crippen LogP contribution in [0, 0.1) is 13.8 Å². The fourth-order valence-electron chi connectivity index (χ4n) is 2.80. The Labute approximate surface area is 179 Å². The summed E-state index contributed by atoms with van der Waals surface area (Å²) in [4.78, 5) is 24.5. The standard InChI is InChI=1S/C23H23N3O5/c1-15-16(2)21(27)26(3)22(28)20(15)25-24-18-11-9-17(10-12-18)23(29)31-14-13-30-19-7-5-4-6-8-19/h4-12,27H,13-14H2,1-3H3. The Kier molecular flexibility index (Phi) is 6.81. The first-order valence-corrected chi connectivity index (χ1v) is 9.64. The van der Waals surface area contributed by atoms with Crippen molar-refractivity contribution in [3.63, 3.8) is 0 Å². The third-order valence-corrected chi connectivity index (χ3v) is 4.77. The molecular weight excluding hydrogens is 398 g/mol. The Balaban J connectivity index is 1.60. The fourth-order valence-corrected chi connectivity index (χ4v) is 2.80. The second kappa shape index (κ2) is 9.71. The van der Waals surface area contributed by atoms with E-state index < -0.39 is 11.5 Å². The minimum atomic E-state index is -0.473. The molecule has 1 aromatic heterocycles. The van der Waals surface area contributed by atoms with E-state index in [4.69, 9.17) is 9.47 Å². The summed E-state index contributed by atoms with van der Waals surface area (Å²) in [6, 6.07) is 15.6. The smallest absolute Gasteiger partial charge is 0.338 e. The number of aromatic nitrogens is 1. The van der Waals surface area contributed by atoms with Crippen LogP contribution >= 0.6 is 0 Å². The highest BCUT2D eigenvalue weighted by Crippen LogP contribution is 2.26. The Morgan fingerprint density at radius 1 is 0.968 bits per heavy atom. The number of hydrogen-bond donors (Lipinski definition) is 1. The molecule has 0 amide bonds. The third kappa shape index (κ3) is 5.16. The van der Waals surface area contributed by atoms with Crippen molar-refractivity contribution in [1.29, 1.82) is 0 Å². The maximum absolute atomic E-state index is 12.3. The van der Waals surface area contributed by atoms with Gasteiger partial charge in [-0.2, -0.15) is 5.11 Å². The van der Waals surface area contributed by atoms with Gasteiger partial charge in [0.1, 0.15) is 19.0 Å². The molecule has 2 aromatic carbocycles. The zero-order valence-corrected chi connectivity index (χ0v) is 17.5. The van der Waals surface area contributed by atoms with Crippen LogP contribution in [0.4, 0.5) is 11.4 Å². The van der Waals surface area contributed by atoms with E-state index in [1.807, 2.05) is 30.3 Å². The summed E-state index contributed by atoms with van der Waals surface area (Å²) >= 11 is 0. The zero-order chi connectivity index (χ0) is 22.4. The van der Waals surface area contributed by atoms with Crippen LogP contribution in [0.2, 0.25) is 0 Å². The Bertz CT molecular complexity index is 1150. The van der Waals surface area contributed by atoms with Crippen LogP contribution in [0.5, 0.6) is 11.6 Å². The Hall–Kier alpha value is -3.94. The second-order valence-electron chi connectivity index (χ2n) is 6.83. The molecule has 0 saturated carbocycles. The van der Waals surface area contributed by atoms with Gasteiger partial charge < -0.3 is 14.6 Å². The van der Waals surface area contributed by atoms with E-state index in [1.165, 1.54) is 7.05 Å². The maximum Gasteiger partial charge on any atom is 0.338 e. The first kappa shape index (κ1) is 21.8. The van der Waals surface area contributed by atoms with Gasteiger partial charge in [-0.25, -0.2) is 4.79 Å². The monoisotopic (exact) mass is 421 g/mol. The predicted molar refractivity (Wildman–Crippen MR) is 116 cm³/mol. The number of benzene rings is 2. The molecule has 0 saturated heterocycles. The molecule has 0 spiro atoms. The lowest BCUT2D eigenvalue weighted by molar-refractivity contribution is 0.0450. The molecule has 0 aliphatic rings. The van der Waals surface area contributed by atoms with Gasteiger partial charge in [0.25, 0.3) is 5.56 Å². The number of esters is 1. The largest absolute Gasteiger partial charge is 0.494 e. The normalized spacial score (nSPS) is 10.9. The quantitative estimate of drug-likeness (QED) is 0.347. The molecular formula is C23H23N3O5. The average molecular weight is 421 g/mol. The predicted octanol–water partition coefficient (Wildman–Crippen LogP) is 4.36. The van der Waals surface area contributed by atoms with Crippen molar-refractivity contribution in [3.8, 4) is 11.6 Å². The molecule has 3 rings (SSSR count). The SMILES string of the molecule is Cc1c(C)c(O)n(C)c(=O)c1N=Nc1ccc(C(=O)OCCOc2ccccc2)cc1. The fraction of sp³-hybridized carbons (Fsp3) is 0.217. The van der Waals surface area contributed by atoms with Gasteiger partial charge in [0.15, 0.2) is 11.6 Å². The summed E-state index contributed by atoms with van der Waals surface area (Å²) in [6.07, 6.45) is 0. The number of hydrogen-bond acceptors (Lipinski definition) is 7. The number of rotatable bonds is 7. The van der Waals surface area contributed by atoms with Crippen molar-refractivity contribution in [2.75, 3.05) is 13.2 Å². The number of pyridine rings is 1. The molecule has 1 N–H and O–H groups in total. The molecule has 1 heterocycles. The number of ether oxygens (including phenoxy) is 2. The van der Waals surface area contributed by atoms with Crippen LogP contribution < -0.4 is 10.3 Å². The van der Waals surface area contributed by atoms with E-state index in [2.05, 4.69) is 10.2 Å². The maximum atomic E-state index is 12.3. The van der Waals surface area contributed by atoms with E-state index in [-0.39, 0.29) is 24.8 Å². The van der Waals surface area contributed by atoms with Gasteiger partial charge >= 0.3 is 5.97 Å². The Morgan fingerprint density at radius 2 is 1.65 bits per heavy atom.